The molecule has 1 aliphatic heterocycles. The van der Waals surface area contributed by atoms with Crippen molar-refractivity contribution in [3.63, 3.8) is 0 Å². The minimum Gasteiger partial charge on any atom is -0.394 e. The molecule has 6 atom stereocenters. The first-order valence-electron chi connectivity index (χ1n) is 8.02. The molecule has 132 valence electrons. The second-order valence-electron chi connectivity index (χ2n) is 6.37. The molecule has 0 amide bonds. The number of hydrogen-bond acceptors (Lipinski definition) is 7. The van der Waals surface area contributed by atoms with Gasteiger partial charge in [-0.1, -0.05) is 23.8 Å². The molecule has 1 fully saturated rings. The van der Waals surface area contributed by atoms with Gasteiger partial charge >= 0.3 is 0 Å². The van der Waals surface area contributed by atoms with Crippen molar-refractivity contribution >= 4 is 5.78 Å². The van der Waals surface area contributed by atoms with Crippen LogP contribution < -0.4 is 0 Å². The molecule has 0 bridgehead atoms. The van der Waals surface area contributed by atoms with E-state index in [0.29, 0.717) is 18.4 Å². The maximum atomic E-state index is 12.1. The van der Waals surface area contributed by atoms with E-state index in [-0.39, 0.29) is 5.78 Å². The zero-order chi connectivity index (χ0) is 17.4. The monoisotopic (exact) mass is 338 g/mol. The van der Waals surface area contributed by atoms with Gasteiger partial charge in [-0.2, -0.15) is 0 Å². The van der Waals surface area contributed by atoms with Crippen LogP contribution in [0.3, 0.4) is 0 Å². The average molecular weight is 338 g/mol. The van der Waals surface area contributed by atoms with Gasteiger partial charge in [0.2, 0.25) is 0 Å². The Bertz CT molecular complexity index is 615. The van der Waals surface area contributed by atoms with Gasteiger partial charge in [0.05, 0.1) is 12.7 Å². The van der Waals surface area contributed by atoms with Crippen molar-refractivity contribution in [3.05, 3.63) is 34.9 Å². The lowest BCUT2D eigenvalue weighted by atomic mass is 9.87. The number of fused-ring (bicyclic) bond motifs is 1. The minimum absolute atomic E-state index is 0.0404. The lowest BCUT2D eigenvalue weighted by Gasteiger charge is -2.41. The summed E-state index contributed by atoms with van der Waals surface area (Å²) in [6.45, 7) is 1.40. The summed E-state index contributed by atoms with van der Waals surface area (Å²) in [4.78, 5) is 12.1. The number of rotatable bonds is 3. The fraction of sp³-hybridized carbons (Fsp3) is 0.588. The molecule has 2 aliphatic rings. The molecule has 1 saturated heterocycles. The summed E-state index contributed by atoms with van der Waals surface area (Å²) in [7, 11) is 0. The molecule has 4 N–H and O–H groups in total. The zero-order valence-electron chi connectivity index (χ0n) is 13.3. The predicted molar refractivity (Wildman–Crippen MR) is 82.3 cm³/mol. The normalized spacial score (nSPS) is 36.5. The summed E-state index contributed by atoms with van der Waals surface area (Å²) in [6, 6.07) is 5.48. The number of aliphatic hydroxyl groups is 4. The van der Waals surface area contributed by atoms with Crippen LogP contribution in [0, 0.1) is 6.92 Å². The molecule has 0 radical (unpaired) electrons. The largest absolute Gasteiger partial charge is 0.394 e. The highest BCUT2D eigenvalue weighted by atomic mass is 16.7. The molecule has 1 heterocycles. The summed E-state index contributed by atoms with van der Waals surface area (Å²) >= 11 is 0. The third kappa shape index (κ3) is 3.11. The molecule has 1 unspecified atom stereocenters. The highest BCUT2D eigenvalue weighted by Gasteiger charge is 2.45. The Morgan fingerprint density at radius 3 is 2.67 bits per heavy atom. The molecule has 1 aromatic rings. The number of ether oxygens (including phenoxy) is 2. The lowest BCUT2D eigenvalue weighted by molar-refractivity contribution is -0.313. The summed E-state index contributed by atoms with van der Waals surface area (Å²) in [5, 5.41) is 39.0. The number of Topliss-reactive ketones (excluding diaryl/α,β-unsaturated/α-hetero) is 1. The third-order valence-electron chi connectivity index (χ3n) is 4.63. The van der Waals surface area contributed by atoms with E-state index in [4.69, 9.17) is 9.47 Å². The molecular weight excluding hydrogens is 316 g/mol. The first-order valence-corrected chi connectivity index (χ1v) is 8.02. The molecule has 0 spiro atoms. The fourth-order valence-electron chi connectivity index (χ4n) is 3.24. The van der Waals surface area contributed by atoms with Gasteiger partial charge in [0.25, 0.3) is 0 Å². The van der Waals surface area contributed by atoms with Crippen LogP contribution in [0.25, 0.3) is 0 Å². The van der Waals surface area contributed by atoms with Gasteiger partial charge in [-0.25, -0.2) is 0 Å². The van der Waals surface area contributed by atoms with E-state index < -0.39 is 43.4 Å². The summed E-state index contributed by atoms with van der Waals surface area (Å²) in [5.41, 5.74) is 2.29. The smallest absolute Gasteiger partial charge is 0.187 e. The Morgan fingerprint density at radius 2 is 1.96 bits per heavy atom. The SMILES string of the molecule is Cc1ccc2c(c1)C(O[C@@H]1O[C@H](CO)[C@@H](O)[C@H](O)[C@H]1O)CCC2=O. The van der Waals surface area contributed by atoms with E-state index in [2.05, 4.69) is 0 Å². The van der Waals surface area contributed by atoms with E-state index in [0.717, 1.165) is 11.1 Å². The first kappa shape index (κ1) is 17.5. The second-order valence-corrected chi connectivity index (χ2v) is 6.37. The van der Waals surface area contributed by atoms with E-state index in [1.54, 1.807) is 6.07 Å². The number of hydrogen-bond donors (Lipinski definition) is 4. The Labute approximate surface area is 139 Å². The number of carbonyl (C=O) groups is 1. The number of aliphatic hydroxyl groups excluding tert-OH is 4. The standard InChI is InChI=1S/C17H22O7/c1-8-2-3-9-10(6-8)12(5-4-11(9)19)23-17-16(22)15(21)14(20)13(7-18)24-17/h2-3,6,12-18,20-22H,4-5,7H2,1H3/t12?,13-,14-,15+,16-,17-/m1/s1. The lowest BCUT2D eigenvalue weighted by Crippen LogP contribution is -2.59. The van der Waals surface area contributed by atoms with Gasteiger partial charge in [-0.15, -0.1) is 0 Å². The third-order valence-corrected chi connectivity index (χ3v) is 4.63. The van der Waals surface area contributed by atoms with Crippen molar-refractivity contribution in [2.75, 3.05) is 6.61 Å². The molecule has 7 heteroatoms. The highest BCUT2D eigenvalue weighted by Crippen LogP contribution is 2.36. The van der Waals surface area contributed by atoms with Crippen molar-refractivity contribution in [2.45, 2.75) is 56.6 Å². The molecule has 0 saturated carbocycles. The molecule has 1 aliphatic carbocycles. The molecule has 24 heavy (non-hydrogen) atoms. The van der Waals surface area contributed by atoms with Crippen LogP contribution in [0.2, 0.25) is 0 Å². The molecule has 1 aromatic carbocycles. The van der Waals surface area contributed by atoms with Gasteiger partial charge in [-0.05, 0) is 18.9 Å². The van der Waals surface area contributed by atoms with Gasteiger partial charge in [0.1, 0.15) is 24.4 Å². The first-order chi connectivity index (χ1) is 11.4. The van der Waals surface area contributed by atoms with Crippen LogP contribution >= 0.6 is 0 Å². The van der Waals surface area contributed by atoms with Crippen molar-refractivity contribution in [2.24, 2.45) is 0 Å². The van der Waals surface area contributed by atoms with Gasteiger partial charge in [0.15, 0.2) is 12.1 Å². The molecule has 7 nitrogen and oxygen atoms in total. The highest BCUT2D eigenvalue weighted by molar-refractivity contribution is 5.98. The van der Waals surface area contributed by atoms with Gasteiger partial charge < -0.3 is 29.9 Å². The van der Waals surface area contributed by atoms with Crippen LogP contribution in [0.1, 0.15) is 40.4 Å². The zero-order valence-corrected chi connectivity index (χ0v) is 13.3. The number of ketones is 1. The van der Waals surface area contributed by atoms with Crippen molar-refractivity contribution in [1.29, 1.82) is 0 Å². The van der Waals surface area contributed by atoms with Gasteiger partial charge in [-0.3, -0.25) is 4.79 Å². The Balaban J connectivity index is 1.82. The number of carbonyl (C=O) groups excluding carboxylic acids is 1. The van der Waals surface area contributed by atoms with E-state index in [1.165, 1.54) is 0 Å². The van der Waals surface area contributed by atoms with E-state index >= 15 is 0 Å². The van der Waals surface area contributed by atoms with E-state index in [1.807, 2.05) is 19.1 Å². The van der Waals surface area contributed by atoms with Crippen LogP contribution in [-0.2, 0) is 9.47 Å². The fourth-order valence-corrected chi connectivity index (χ4v) is 3.24. The van der Waals surface area contributed by atoms with Crippen LogP contribution in [0.4, 0.5) is 0 Å². The van der Waals surface area contributed by atoms with Crippen LogP contribution in [-0.4, -0.2) is 63.5 Å². The minimum atomic E-state index is -1.48. The average Bonchev–Trinajstić information content (AvgIpc) is 2.57. The van der Waals surface area contributed by atoms with Crippen molar-refractivity contribution in [1.82, 2.24) is 0 Å². The molecule has 0 aromatic heterocycles. The van der Waals surface area contributed by atoms with Crippen molar-refractivity contribution < 1.29 is 34.7 Å². The topological polar surface area (TPSA) is 116 Å². The van der Waals surface area contributed by atoms with Crippen LogP contribution in [0.5, 0.6) is 0 Å². The number of benzene rings is 1. The van der Waals surface area contributed by atoms with Crippen molar-refractivity contribution in [3.8, 4) is 0 Å². The van der Waals surface area contributed by atoms with Crippen LogP contribution in [0.15, 0.2) is 18.2 Å². The van der Waals surface area contributed by atoms with E-state index in [9.17, 15) is 25.2 Å². The Hall–Kier alpha value is -1.35. The second kappa shape index (κ2) is 6.87. The quantitative estimate of drug-likeness (QED) is 0.604. The Morgan fingerprint density at radius 1 is 1.21 bits per heavy atom. The number of aryl methyl sites for hydroxylation is 1. The molecular formula is C17H22O7. The summed E-state index contributed by atoms with van der Waals surface area (Å²) < 4.78 is 11.2. The van der Waals surface area contributed by atoms with Gasteiger partial charge in [0, 0.05) is 12.0 Å². The maximum absolute atomic E-state index is 12.1. The Kier molecular flexibility index (Phi) is 5.00. The predicted octanol–water partition coefficient (Wildman–Crippen LogP) is -0.171. The summed E-state index contributed by atoms with van der Waals surface area (Å²) in [6.07, 6.45) is -6.30. The molecule has 3 rings (SSSR count). The maximum Gasteiger partial charge on any atom is 0.187 e. The summed E-state index contributed by atoms with van der Waals surface area (Å²) in [5.74, 6) is 0.0404.